The third-order valence-corrected chi connectivity index (χ3v) is 2.86. The lowest BCUT2D eigenvalue weighted by Gasteiger charge is -1.96. The minimum Gasteiger partial charge on any atom is -0.440 e. The molecule has 0 bridgehead atoms. The topological polar surface area (TPSA) is 65.5 Å². The first-order valence-corrected chi connectivity index (χ1v) is 6.18. The molecule has 0 aliphatic rings. The summed E-state index contributed by atoms with van der Waals surface area (Å²) in [5.74, 6) is 0.493. The summed E-state index contributed by atoms with van der Waals surface area (Å²) in [5, 5.41) is 0.757. The lowest BCUT2D eigenvalue weighted by atomic mass is 10.2. The Hall–Kier alpha value is -2.14. The van der Waals surface area contributed by atoms with Crippen LogP contribution in [0.3, 0.4) is 0 Å². The van der Waals surface area contributed by atoms with Crippen molar-refractivity contribution in [1.82, 2.24) is 4.98 Å². The van der Waals surface area contributed by atoms with E-state index in [1.165, 1.54) is 0 Å². The Kier molecular flexibility index (Phi) is 3.05. The molecule has 0 amide bonds. The molecular weight excluding hydrogens is 246 g/mol. The minimum atomic E-state index is -0.472. The van der Waals surface area contributed by atoms with Crippen molar-refractivity contribution in [2.45, 2.75) is 13.3 Å². The molecule has 0 unspecified atom stereocenters. The van der Waals surface area contributed by atoms with E-state index in [1.807, 2.05) is 25.1 Å². The molecule has 98 valence electrons. The van der Waals surface area contributed by atoms with Gasteiger partial charge < -0.3 is 13.6 Å². The first-order valence-electron chi connectivity index (χ1n) is 6.18. The predicted octanol–water partition coefficient (Wildman–Crippen LogP) is 2.51. The summed E-state index contributed by atoms with van der Waals surface area (Å²) in [6.45, 7) is 3.09. The lowest BCUT2D eigenvalue weighted by Crippen LogP contribution is -2.00. The van der Waals surface area contributed by atoms with Gasteiger partial charge in [-0.2, -0.15) is 0 Å². The maximum Gasteiger partial charge on any atom is 0.366 e. The van der Waals surface area contributed by atoms with Crippen molar-refractivity contribution in [2.24, 2.45) is 0 Å². The van der Waals surface area contributed by atoms with E-state index in [1.54, 1.807) is 6.07 Å². The summed E-state index contributed by atoms with van der Waals surface area (Å²) in [6, 6.07) is 7.25. The Balaban J connectivity index is 2.13. The van der Waals surface area contributed by atoms with Crippen LogP contribution < -0.4 is 5.63 Å². The van der Waals surface area contributed by atoms with Crippen LogP contribution in [0.5, 0.6) is 0 Å². The molecule has 0 spiro atoms. The molecule has 0 saturated heterocycles. The summed E-state index contributed by atoms with van der Waals surface area (Å²) < 4.78 is 16.1. The smallest absolute Gasteiger partial charge is 0.366 e. The van der Waals surface area contributed by atoms with Crippen LogP contribution in [0, 0.1) is 0 Å². The van der Waals surface area contributed by atoms with E-state index < -0.39 is 5.63 Å². The monoisotopic (exact) mass is 259 g/mol. The van der Waals surface area contributed by atoms with Crippen LogP contribution in [-0.4, -0.2) is 18.2 Å². The van der Waals surface area contributed by atoms with Gasteiger partial charge in [0.15, 0.2) is 17.0 Å². The number of fused-ring (bicyclic) bond motifs is 3. The molecule has 0 fully saturated rings. The van der Waals surface area contributed by atoms with Gasteiger partial charge in [-0.15, -0.1) is 0 Å². The number of aromatic nitrogens is 1. The second-order valence-electron chi connectivity index (χ2n) is 4.12. The van der Waals surface area contributed by atoms with Crippen LogP contribution in [0.15, 0.2) is 37.9 Å². The van der Waals surface area contributed by atoms with Gasteiger partial charge in [-0.05, 0) is 19.1 Å². The summed E-state index contributed by atoms with van der Waals surface area (Å²) in [4.78, 5) is 16.0. The van der Waals surface area contributed by atoms with Gasteiger partial charge in [-0.3, -0.25) is 0 Å². The molecular formula is C14H13NO4. The highest BCUT2D eigenvalue weighted by Crippen LogP contribution is 2.23. The van der Waals surface area contributed by atoms with Crippen molar-refractivity contribution in [3.8, 4) is 0 Å². The number of hydrogen-bond acceptors (Lipinski definition) is 5. The number of oxazole rings is 1. The predicted molar refractivity (Wildman–Crippen MR) is 70.2 cm³/mol. The first kappa shape index (κ1) is 11.9. The number of para-hydroxylation sites is 1. The Bertz CT molecular complexity index is 772. The van der Waals surface area contributed by atoms with Crippen molar-refractivity contribution < 1.29 is 13.6 Å². The van der Waals surface area contributed by atoms with Gasteiger partial charge in [-0.1, -0.05) is 12.1 Å². The Labute approximate surface area is 108 Å². The Morgan fingerprint density at radius 2 is 2.11 bits per heavy atom. The third-order valence-electron chi connectivity index (χ3n) is 2.86. The van der Waals surface area contributed by atoms with Crippen molar-refractivity contribution >= 4 is 22.1 Å². The molecule has 2 aromatic heterocycles. The number of ether oxygens (including phenoxy) is 1. The van der Waals surface area contributed by atoms with Gasteiger partial charge in [0.2, 0.25) is 0 Å². The van der Waals surface area contributed by atoms with Gasteiger partial charge in [0, 0.05) is 13.0 Å². The summed E-state index contributed by atoms with van der Waals surface area (Å²) >= 11 is 0. The highest BCUT2D eigenvalue weighted by Gasteiger charge is 2.14. The molecule has 3 aromatic rings. The molecule has 0 aliphatic carbocycles. The maximum atomic E-state index is 11.8. The zero-order valence-corrected chi connectivity index (χ0v) is 10.5. The van der Waals surface area contributed by atoms with E-state index >= 15 is 0 Å². The lowest BCUT2D eigenvalue weighted by molar-refractivity contribution is 0.146. The van der Waals surface area contributed by atoms with E-state index in [9.17, 15) is 4.79 Å². The van der Waals surface area contributed by atoms with E-state index in [2.05, 4.69) is 4.98 Å². The van der Waals surface area contributed by atoms with Crippen LogP contribution in [0.1, 0.15) is 12.8 Å². The molecule has 0 N–H and O–H groups in total. The van der Waals surface area contributed by atoms with Crippen molar-refractivity contribution in [2.75, 3.05) is 13.2 Å². The number of hydrogen-bond donors (Lipinski definition) is 0. The number of rotatable bonds is 4. The maximum absolute atomic E-state index is 11.8. The van der Waals surface area contributed by atoms with Crippen LogP contribution in [-0.2, 0) is 11.2 Å². The fraction of sp³-hybridized carbons (Fsp3) is 0.286. The van der Waals surface area contributed by atoms with Crippen LogP contribution in [0.25, 0.3) is 22.1 Å². The molecule has 3 rings (SSSR count). The molecule has 19 heavy (non-hydrogen) atoms. The van der Waals surface area contributed by atoms with E-state index in [-0.39, 0.29) is 5.52 Å². The second kappa shape index (κ2) is 4.85. The molecule has 0 atom stereocenters. The third kappa shape index (κ3) is 2.13. The van der Waals surface area contributed by atoms with Crippen LogP contribution in [0.2, 0.25) is 0 Å². The Morgan fingerprint density at radius 1 is 1.26 bits per heavy atom. The fourth-order valence-electron chi connectivity index (χ4n) is 1.99. The van der Waals surface area contributed by atoms with Gasteiger partial charge in [0.05, 0.1) is 12.0 Å². The average Bonchev–Trinajstić information content (AvgIpc) is 2.84. The zero-order chi connectivity index (χ0) is 13.2. The van der Waals surface area contributed by atoms with Crippen LogP contribution in [0.4, 0.5) is 0 Å². The van der Waals surface area contributed by atoms with Crippen molar-refractivity contribution in [1.29, 1.82) is 0 Å². The SMILES string of the molecule is CCOCCc1nc2c(=O)oc3ccccc3c2o1. The summed E-state index contributed by atoms with van der Waals surface area (Å²) in [7, 11) is 0. The van der Waals surface area contributed by atoms with E-state index in [0.717, 1.165) is 5.39 Å². The summed E-state index contributed by atoms with van der Waals surface area (Å²) in [5.41, 5.74) is 0.760. The molecule has 5 heteroatoms. The molecule has 2 heterocycles. The van der Waals surface area contributed by atoms with Crippen molar-refractivity contribution in [3.63, 3.8) is 0 Å². The summed E-state index contributed by atoms with van der Waals surface area (Å²) in [6.07, 6.45) is 0.538. The van der Waals surface area contributed by atoms with Gasteiger partial charge >= 0.3 is 5.63 Å². The largest absolute Gasteiger partial charge is 0.440 e. The Morgan fingerprint density at radius 3 is 2.95 bits per heavy atom. The highest BCUT2D eigenvalue weighted by molar-refractivity contribution is 5.98. The quantitative estimate of drug-likeness (QED) is 0.532. The second-order valence-corrected chi connectivity index (χ2v) is 4.12. The highest BCUT2D eigenvalue weighted by atomic mass is 16.5. The van der Waals surface area contributed by atoms with Crippen LogP contribution >= 0.6 is 0 Å². The molecule has 0 saturated carbocycles. The minimum absolute atomic E-state index is 0.241. The standard InChI is InChI=1S/C14H13NO4/c1-2-17-8-7-11-15-12-13(19-11)9-5-3-4-6-10(9)18-14(12)16/h3-6H,2,7-8H2,1H3. The van der Waals surface area contributed by atoms with E-state index in [4.69, 9.17) is 13.6 Å². The van der Waals surface area contributed by atoms with Gasteiger partial charge in [-0.25, -0.2) is 9.78 Å². The van der Waals surface area contributed by atoms with Gasteiger partial charge in [0.1, 0.15) is 5.58 Å². The molecule has 1 aromatic carbocycles. The zero-order valence-electron chi connectivity index (χ0n) is 10.5. The number of benzene rings is 1. The molecule has 5 nitrogen and oxygen atoms in total. The molecule has 0 radical (unpaired) electrons. The average molecular weight is 259 g/mol. The normalized spacial score (nSPS) is 11.4. The fourth-order valence-corrected chi connectivity index (χ4v) is 1.99. The van der Waals surface area contributed by atoms with Crippen molar-refractivity contribution in [3.05, 3.63) is 40.6 Å². The first-order chi connectivity index (χ1) is 9.29. The van der Waals surface area contributed by atoms with Gasteiger partial charge in [0.25, 0.3) is 0 Å². The number of nitrogens with zero attached hydrogens (tertiary/aromatic N) is 1. The molecule has 0 aliphatic heterocycles. The van der Waals surface area contributed by atoms with E-state index in [0.29, 0.717) is 36.7 Å².